The predicted molar refractivity (Wildman–Crippen MR) is 81.5 cm³/mol. The van der Waals surface area contributed by atoms with E-state index in [4.69, 9.17) is 9.47 Å². The fourth-order valence-corrected chi connectivity index (χ4v) is 5.26. The molecule has 0 aromatic heterocycles. The number of likely N-dealkylation sites (N-methyl/N-ethyl adjacent to an activating group) is 1. The number of carbonyl (C=O) groups excluding carboxylic acids is 1. The van der Waals surface area contributed by atoms with E-state index in [9.17, 15) is 4.79 Å². The topological polar surface area (TPSA) is 38.8 Å². The maximum Gasteiger partial charge on any atom is 0.166 e. The van der Waals surface area contributed by atoms with Gasteiger partial charge >= 0.3 is 0 Å². The summed E-state index contributed by atoms with van der Waals surface area (Å²) in [5.41, 5.74) is 2.40. The van der Waals surface area contributed by atoms with E-state index in [1.54, 1.807) is 13.2 Å². The molecule has 0 amide bonds. The van der Waals surface area contributed by atoms with Gasteiger partial charge in [0, 0.05) is 11.6 Å². The van der Waals surface area contributed by atoms with Gasteiger partial charge in [-0.25, -0.2) is 0 Å². The van der Waals surface area contributed by atoms with Gasteiger partial charge in [-0.3, -0.25) is 4.79 Å². The lowest BCUT2D eigenvalue weighted by Crippen LogP contribution is -2.65. The molecule has 0 radical (unpaired) electrons. The number of likely N-dealkylation sites (tertiary alicyclic amines) is 1. The molecule has 0 N–H and O–H groups in total. The van der Waals surface area contributed by atoms with Crippen molar-refractivity contribution in [3.63, 3.8) is 0 Å². The molecule has 0 unspecified atom stereocenters. The standard InChI is InChI=1S/C18H19NO3/c1-19-8-7-18-14-6-4-12(20)16(18)11(19)9-10-3-5-13(21-2)17(22-14)15(10)18/h3-6,11,14,16H,7-9H2,1-2H3/t11-,14+,16-,18-/m1/s1. The van der Waals surface area contributed by atoms with Crippen molar-refractivity contribution in [3.8, 4) is 11.5 Å². The normalized spacial score (nSPS) is 37.7. The summed E-state index contributed by atoms with van der Waals surface area (Å²) in [6.07, 6.45) is 5.57. The molecular weight excluding hydrogens is 278 g/mol. The Morgan fingerprint density at radius 2 is 2.27 bits per heavy atom. The molecule has 114 valence electrons. The summed E-state index contributed by atoms with van der Waals surface area (Å²) < 4.78 is 11.8. The van der Waals surface area contributed by atoms with Crippen LogP contribution < -0.4 is 9.47 Å². The van der Waals surface area contributed by atoms with E-state index >= 15 is 0 Å². The minimum atomic E-state index is -0.180. The van der Waals surface area contributed by atoms with Gasteiger partial charge in [-0.05, 0) is 50.2 Å². The molecule has 2 aliphatic heterocycles. The first kappa shape index (κ1) is 12.7. The third-order valence-electron chi connectivity index (χ3n) is 6.20. The SMILES string of the molecule is COc1ccc2c3c1O[C@H]1C=CC(=O)[C@H]4[C@@H](C2)N(C)CC[C@]314. The molecule has 1 aromatic carbocycles. The Morgan fingerprint density at radius 3 is 3.09 bits per heavy atom. The number of methoxy groups -OCH3 is 1. The number of ketones is 1. The number of allylic oxidation sites excluding steroid dienone is 1. The fourth-order valence-electron chi connectivity index (χ4n) is 5.26. The van der Waals surface area contributed by atoms with Crippen LogP contribution in [0.25, 0.3) is 0 Å². The van der Waals surface area contributed by atoms with Crippen LogP contribution in [0.15, 0.2) is 24.3 Å². The minimum Gasteiger partial charge on any atom is -0.493 e. The molecular formula is C18H19NO3. The maximum atomic E-state index is 12.7. The van der Waals surface area contributed by atoms with Crippen molar-refractivity contribution in [2.24, 2.45) is 5.92 Å². The zero-order valence-electron chi connectivity index (χ0n) is 12.8. The Labute approximate surface area is 129 Å². The Bertz CT molecular complexity index is 725. The lowest BCUT2D eigenvalue weighted by molar-refractivity contribution is -0.129. The number of hydrogen-bond acceptors (Lipinski definition) is 4. The van der Waals surface area contributed by atoms with E-state index in [2.05, 4.69) is 18.0 Å². The van der Waals surface area contributed by atoms with Gasteiger partial charge in [-0.2, -0.15) is 0 Å². The van der Waals surface area contributed by atoms with E-state index in [0.29, 0.717) is 0 Å². The van der Waals surface area contributed by atoms with Crippen molar-refractivity contribution >= 4 is 5.78 Å². The maximum absolute atomic E-state index is 12.7. The summed E-state index contributed by atoms with van der Waals surface area (Å²) >= 11 is 0. The molecule has 1 fully saturated rings. The van der Waals surface area contributed by atoms with Crippen LogP contribution in [0.1, 0.15) is 17.5 Å². The summed E-state index contributed by atoms with van der Waals surface area (Å²) in [6, 6.07) is 4.45. The largest absolute Gasteiger partial charge is 0.493 e. The van der Waals surface area contributed by atoms with Crippen LogP contribution in [-0.2, 0) is 16.6 Å². The second-order valence-electron chi connectivity index (χ2n) is 6.95. The summed E-state index contributed by atoms with van der Waals surface area (Å²) in [5, 5.41) is 0. The molecule has 22 heavy (non-hydrogen) atoms. The number of nitrogens with zero attached hydrogens (tertiary/aromatic N) is 1. The minimum absolute atomic E-state index is 0.0158. The van der Waals surface area contributed by atoms with Gasteiger partial charge in [0.2, 0.25) is 0 Å². The van der Waals surface area contributed by atoms with Crippen molar-refractivity contribution in [3.05, 3.63) is 35.4 Å². The van der Waals surface area contributed by atoms with Crippen molar-refractivity contribution < 1.29 is 14.3 Å². The first-order valence-corrected chi connectivity index (χ1v) is 7.96. The van der Waals surface area contributed by atoms with Gasteiger partial charge in [0.25, 0.3) is 0 Å². The average Bonchev–Trinajstić information content (AvgIpc) is 2.86. The van der Waals surface area contributed by atoms with Crippen LogP contribution >= 0.6 is 0 Å². The van der Waals surface area contributed by atoms with Crippen LogP contribution in [0.3, 0.4) is 0 Å². The number of rotatable bonds is 1. The fraction of sp³-hybridized carbons (Fsp3) is 0.500. The summed E-state index contributed by atoms with van der Waals surface area (Å²) in [5.74, 6) is 1.94. The summed E-state index contributed by atoms with van der Waals surface area (Å²) in [4.78, 5) is 15.1. The molecule has 1 spiro atoms. The predicted octanol–water partition coefficient (Wildman–Crippen LogP) is 1.71. The monoisotopic (exact) mass is 297 g/mol. The quantitative estimate of drug-likeness (QED) is 0.791. The average molecular weight is 297 g/mol. The molecule has 5 rings (SSSR count). The van der Waals surface area contributed by atoms with E-state index < -0.39 is 0 Å². The Hall–Kier alpha value is -1.81. The Morgan fingerprint density at radius 1 is 1.41 bits per heavy atom. The first-order chi connectivity index (χ1) is 10.7. The van der Waals surface area contributed by atoms with Gasteiger partial charge in [0.15, 0.2) is 17.3 Å². The molecule has 0 saturated carbocycles. The van der Waals surface area contributed by atoms with Gasteiger partial charge in [-0.1, -0.05) is 6.07 Å². The molecule has 4 nitrogen and oxygen atoms in total. The van der Waals surface area contributed by atoms with Crippen LogP contribution in [0.4, 0.5) is 0 Å². The Kier molecular flexibility index (Phi) is 2.27. The molecule has 1 aromatic rings. The van der Waals surface area contributed by atoms with Crippen molar-refractivity contribution in [1.29, 1.82) is 0 Å². The lowest BCUT2D eigenvalue weighted by atomic mass is 9.53. The smallest absolute Gasteiger partial charge is 0.166 e. The number of carbonyl (C=O) groups is 1. The highest BCUT2D eigenvalue weighted by Gasteiger charge is 2.64. The van der Waals surface area contributed by atoms with Crippen molar-refractivity contribution in [2.45, 2.75) is 30.4 Å². The second-order valence-corrected chi connectivity index (χ2v) is 6.95. The molecule has 1 saturated heterocycles. The first-order valence-electron chi connectivity index (χ1n) is 7.96. The lowest BCUT2D eigenvalue weighted by Gasteiger charge is -2.55. The molecule has 2 bridgehead atoms. The zero-order valence-corrected chi connectivity index (χ0v) is 12.8. The van der Waals surface area contributed by atoms with E-state index in [1.807, 2.05) is 12.1 Å². The zero-order chi connectivity index (χ0) is 15.1. The van der Waals surface area contributed by atoms with Crippen LogP contribution in [0.2, 0.25) is 0 Å². The molecule has 2 heterocycles. The van der Waals surface area contributed by atoms with E-state index in [1.165, 1.54) is 11.1 Å². The number of ether oxygens (including phenoxy) is 2. The van der Waals surface area contributed by atoms with E-state index in [-0.39, 0.29) is 29.3 Å². The third-order valence-corrected chi connectivity index (χ3v) is 6.20. The summed E-state index contributed by atoms with van der Waals surface area (Å²) in [7, 11) is 3.82. The highest BCUT2D eigenvalue weighted by atomic mass is 16.5. The van der Waals surface area contributed by atoms with Gasteiger partial charge in [0.05, 0.1) is 18.4 Å². The van der Waals surface area contributed by atoms with Gasteiger partial charge < -0.3 is 14.4 Å². The molecule has 2 aliphatic carbocycles. The van der Waals surface area contributed by atoms with Crippen LogP contribution in [0.5, 0.6) is 11.5 Å². The molecule has 4 atom stereocenters. The van der Waals surface area contributed by atoms with Crippen LogP contribution in [-0.4, -0.2) is 43.5 Å². The highest BCUT2D eigenvalue weighted by molar-refractivity contribution is 5.96. The number of piperidine rings is 1. The highest BCUT2D eigenvalue weighted by Crippen LogP contribution is 2.61. The summed E-state index contributed by atoms with van der Waals surface area (Å²) in [6.45, 7) is 1.01. The number of benzene rings is 1. The molecule has 4 aliphatic rings. The molecule has 4 heteroatoms. The Balaban J connectivity index is 1.85. The van der Waals surface area contributed by atoms with Crippen molar-refractivity contribution in [2.75, 3.05) is 20.7 Å². The van der Waals surface area contributed by atoms with Crippen LogP contribution in [0, 0.1) is 5.92 Å². The second kappa shape index (κ2) is 3.93. The van der Waals surface area contributed by atoms with Gasteiger partial charge in [-0.15, -0.1) is 0 Å². The third kappa shape index (κ3) is 1.23. The van der Waals surface area contributed by atoms with E-state index in [0.717, 1.165) is 30.9 Å². The van der Waals surface area contributed by atoms with Gasteiger partial charge in [0.1, 0.15) is 6.10 Å². The number of hydrogen-bond donors (Lipinski definition) is 0. The van der Waals surface area contributed by atoms with Crippen molar-refractivity contribution in [1.82, 2.24) is 4.90 Å².